The predicted octanol–water partition coefficient (Wildman–Crippen LogP) is 6.21. The minimum Gasteiger partial charge on any atom is -0.486 e. The summed E-state index contributed by atoms with van der Waals surface area (Å²) < 4.78 is 22.3. The van der Waals surface area contributed by atoms with Crippen molar-refractivity contribution in [3.05, 3.63) is 76.3 Å². The highest BCUT2D eigenvalue weighted by atomic mass is 35.5. The van der Waals surface area contributed by atoms with Crippen molar-refractivity contribution in [2.45, 2.75) is 13.5 Å². The van der Waals surface area contributed by atoms with Gasteiger partial charge in [-0.1, -0.05) is 23.7 Å². The van der Waals surface area contributed by atoms with E-state index in [9.17, 15) is 4.79 Å². The molecule has 1 aromatic heterocycles. The van der Waals surface area contributed by atoms with Crippen molar-refractivity contribution < 1.29 is 28.8 Å². The van der Waals surface area contributed by atoms with Gasteiger partial charge in [-0.15, -0.1) is 11.3 Å². The Balaban J connectivity index is 1.41. The largest absolute Gasteiger partial charge is 0.486 e. The summed E-state index contributed by atoms with van der Waals surface area (Å²) in [5.74, 6) is 1.52. The van der Waals surface area contributed by atoms with Gasteiger partial charge in [0.25, 0.3) is 0 Å². The van der Waals surface area contributed by atoms with Crippen LogP contribution in [-0.2, 0) is 11.4 Å². The van der Waals surface area contributed by atoms with E-state index >= 15 is 0 Å². The minimum atomic E-state index is -1.02. The van der Waals surface area contributed by atoms with Gasteiger partial charge in [0, 0.05) is 10.6 Å². The number of fused-ring (bicyclic) bond motifs is 1. The molecule has 2 heterocycles. The average molecular weight is 510 g/mol. The molecule has 0 atom stereocenters. The van der Waals surface area contributed by atoms with Crippen molar-refractivity contribution in [2.75, 3.05) is 13.4 Å². The second-order valence-electron chi connectivity index (χ2n) is 7.76. The van der Waals surface area contributed by atoms with Crippen LogP contribution in [0.15, 0.2) is 60.7 Å². The molecule has 4 aromatic rings. The lowest BCUT2D eigenvalue weighted by molar-refractivity contribution is -0.139. The maximum absolute atomic E-state index is 10.7. The van der Waals surface area contributed by atoms with Crippen molar-refractivity contribution in [1.29, 1.82) is 0 Å². The predicted molar refractivity (Wildman–Crippen MR) is 133 cm³/mol. The maximum Gasteiger partial charge on any atom is 0.341 e. The molecule has 0 fully saturated rings. The van der Waals surface area contributed by atoms with Crippen molar-refractivity contribution in [1.82, 2.24) is 4.98 Å². The summed E-state index contributed by atoms with van der Waals surface area (Å²) in [6.45, 7) is 1.92. The number of rotatable bonds is 8. The standard InChI is InChI=1S/C26H20ClNO6S/c1-15-10-19(7-9-20(15)32-13-24(29)30)31-12-23-28-25(17-4-8-21-22(11-17)34-14-33-21)26(35-23)16-2-5-18(27)6-3-16/h2-11H,12-14H2,1H3,(H,29,30). The molecule has 3 aromatic carbocycles. The molecule has 7 nitrogen and oxygen atoms in total. The summed E-state index contributed by atoms with van der Waals surface area (Å²) in [6.07, 6.45) is 0. The molecule has 0 unspecified atom stereocenters. The van der Waals surface area contributed by atoms with Gasteiger partial charge in [-0.25, -0.2) is 9.78 Å². The van der Waals surface area contributed by atoms with Gasteiger partial charge in [0.15, 0.2) is 18.1 Å². The number of halogens is 1. The molecule has 0 saturated carbocycles. The van der Waals surface area contributed by atoms with E-state index in [1.807, 2.05) is 55.5 Å². The van der Waals surface area contributed by atoms with Crippen LogP contribution in [0.3, 0.4) is 0 Å². The zero-order valence-corrected chi connectivity index (χ0v) is 20.2. The molecule has 1 N–H and O–H groups in total. The van der Waals surface area contributed by atoms with Gasteiger partial charge in [0.2, 0.25) is 6.79 Å². The number of carboxylic acid groups (broad SMARTS) is 1. The van der Waals surface area contributed by atoms with Crippen LogP contribution in [0.25, 0.3) is 21.7 Å². The molecule has 0 spiro atoms. The number of aliphatic carboxylic acids is 1. The number of aryl methyl sites for hydroxylation is 1. The van der Waals surface area contributed by atoms with E-state index < -0.39 is 12.6 Å². The molecule has 1 aliphatic rings. The Morgan fingerprint density at radius 1 is 1.03 bits per heavy atom. The molecular weight excluding hydrogens is 490 g/mol. The van der Waals surface area contributed by atoms with Crippen LogP contribution in [-0.4, -0.2) is 29.5 Å². The van der Waals surface area contributed by atoms with Crippen molar-refractivity contribution in [2.24, 2.45) is 0 Å². The van der Waals surface area contributed by atoms with Crippen LogP contribution in [0.4, 0.5) is 0 Å². The highest BCUT2D eigenvalue weighted by molar-refractivity contribution is 7.15. The van der Waals surface area contributed by atoms with Crippen molar-refractivity contribution in [3.8, 4) is 44.7 Å². The second kappa shape index (κ2) is 9.85. The maximum atomic E-state index is 10.7. The monoisotopic (exact) mass is 509 g/mol. The summed E-state index contributed by atoms with van der Waals surface area (Å²) in [7, 11) is 0. The zero-order chi connectivity index (χ0) is 24.4. The van der Waals surface area contributed by atoms with Gasteiger partial charge in [-0.05, 0) is 66.6 Å². The third-order valence-electron chi connectivity index (χ3n) is 5.28. The van der Waals surface area contributed by atoms with E-state index in [1.54, 1.807) is 23.5 Å². The number of carboxylic acids is 1. The van der Waals surface area contributed by atoms with E-state index in [4.69, 9.17) is 40.6 Å². The topological polar surface area (TPSA) is 87.1 Å². The molecule has 0 amide bonds. The van der Waals surface area contributed by atoms with Crippen molar-refractivity contribution in [3.63, 3.8) is 0 Å². The fraction of sp³-hybridized carbons (Fsp3) is 0.154. The molecule has 0 saturated heterocycles. The van der Waals surface area contributed by atoms with E-state index in [-0.39, 0.29) is 13.4 Å². The minimum absolute atomic E-state index is 0.207. The quantitative estimate of drug-likeness (QED) is 0.302. The average Bonchev–Trinajstić information content (AvgIpc) is 3.49. The van der Waals surface area contributed by atoms with Crippen LogP contribution in [0.2, 0.25) is 5.02 Å². The van der Waals surface area contributed by atoms with E-state index in [0.29, 0.717) is 28.0 Å². The van der Waals surface area contributed by atoms with Crippen LogP contribution >= 0.6 is 22.9 Å². The molecule has 0 aliphatic carbocycles. The number of ether oxygens (including phenoxy) is 4. The Hall–Kier alpha value is -3.75. The lowest BCUT2D eigenvalue weighted by Crippen LogP contribution is -2.10. The number of aromatic nitrogens is 1. The first-order valence-electron chi connectivity index (χ1n) is 10.7. The van der Waals surface area contributed by atoms with E-state index in [1.165, 1.54) is 0 Å². The molecule has 9 heteroatoms. The van der Waals surface area contributed by atoms with Gasteiger partial charge in [-0.2, -0.15) is 0 Å². The smallest absolute Gasteiger partial charge is 0.341 e. The highest BCUT2D eigenvalue weighted by Crippen LogP contribution is 2.41. The lowest BCUT2D eigenvalue weighted by atomic mass is 10.1. The lowest BCUT2D eigenvalue weighted by Gasteiger charge is -2.09. The number of thiazole rings is 1. The number of hydrogen-bond acceptors (Lipinski definition) is 7. The Labute approximate surface area is 210 Å². The first-order valence-corrected chi connectivity index (χ1v) is 11.9. The number of carbonyl (C=O) groups is 1. The van der Waals surface area contributed by atoms with Gasteiger partial charge in [0.1, 0.15) is 23.1 Å². The molecule has 0 bridgehead atoms. The van der Waals surface area contributed by atoms with Crippen LogP contribution in [0.5, 0.6) is 23.0 Å². The summed E-state index contributed by atoms with van der Waals surface area (Å²) in [5, 5.41) is 10.3. The van der Waals surface area contributed by atoms with Crippen LogP contribution < -0.4 is 18.9 Å². The van der Waals surface area contributed by atoms with Crippen molar-refractivity contribution >= 4 is 28.9 Å². The summed E-state index contributed by atoms with van der Waals surface area (Å²) in [5.41, 5.74) is 3.52. The third-order valence-corrected chi connectivity index (χ3v) is 6.61. The van der Waals surface area contributed by atoms with Gasteiger partial charge >= 0.3 is 5.97 Å². The Morgan fingerprint density at radius 3 is 2.57 bits per heavy atom. The normalized spacial score (nSPS) is 11.9. The molecule has 35 heavy (non-hydrogen) atoms. The number of hydrogen-bond donors (Lipinski definition) is 1. The molecule has 178 valence electrons. The Morgan fingerprint density at radius 2 is 1.80 bits per heavy atom. The third kappa shape index (κ3) is 5.18. The first-order chi connectivity index (χ1) is 17.0. The fourth-order valence-corrected chi connectivity index (χ4v) is 4.75. The van der Waals surface area contributed by atoms with Gasteiger partial charge < -0.3 is 24.1 Å². The summed E-state index contributed by atoms with van der Waals surface area (Å²) >= 11 is 7.64. The molecule has 5 rings (SSSR count). The van der Waals surface area contributed by atoms with Gasteiger partial charge in [0.05, 0.1) is 10.6 Å². The molecular formula is C26H20ClNO6S. The number of benzene rings is 3. The SMILES string of the molecule is Cc1cc(OCc2nc(-c3ccc4c(c3)OCO4)c(-c3ccc(Cl)cc3)s2)ccc1OCC(=O)O. The van der Waals surface area contributed by atoms with Crippen LogP contribution in [0.1, 0.15) is 10.6 Å². The zero-order valence-electron chi connectivity index (χ0n) is 18.6. The highest BCUT2D eigenvalue weighted by Gasteiger charge is 2.20. The van der Waals surface area contributed by atoms with Crippen LogP contribution in [0, 0.1) is 6.92 Å². The molecule has 1 aliphatic heterocycles. The summed E-state index contributed by atoms with van der Waals surface area (Å²) in [6, 6.07) is 18.7. The summed E-state index contributed by atoms with van der Waals surface area (Å²) in [4.78, 5) is 16.6. The molecule has 0 radical (unpaired) electrons. The second-order valence-corrected chi connectivity index (χ2v) is 9.28. The van der Waals surface area contributed by atoms with Gasteiger partial charge in [-0.3, -0.25) is 0 Å². The number of nitrogens with zero attached hydrogens (tertiary/aromatic N) is 1. The first kappa shape index (κ1) is 23.0. The Kier molecular flexibility index (Phi) is 6.48. The Bertz CT molecular complexity index is 1390. The fourth-order valence-electron chi connectivity index (χ4n) is 3.62. The van der Waals surface area contributed by atoms with E-state index in [2.05, 4.69) is 0 Å². The van der Waals surface area contributed by atoms with E-state index in [0.717, 1.165) is 32.3 Å².